The summed E-state index contributed by atoms with van der Waals surface area (Å²) in [7, 11) is 1.60. The number of anilines is 1. The number of rotatable bonds is 1. The summed E-state index contributed by atoms with van der Waals surface area (Å²) >= 11 is 0. The van der Waals surface area contributed by atoms with Crippen LogP contribution in [0.4, 0.5) is 5.95 Å². The van der Waals surface area contributed by atoms with E-state index in [-0.39, 0.29) is 0 Å². The second-order valence-electron chi connectivity index (χ2n) is 2.69. The van der Waals surface area contributed by atoms with E-state index in [0.717, 1.165) is 16.8 Å². The van der Waals surface area contributed by atoms with Crippen LogP contribution in [0.3, 0.4) is 0 Å². The maximum atomic E-state index is 5.64. The van der Waals surface area contributed by atoms with Crippen molar-refractivity contribution >= 4 is 17.0 Å². The van der Waals surface area contributed by atoms with Gasteiger partial charge in [0.05, 0.1) is 18.1 Å². The zero-order valence-corrected chi connectivity index (χ0v) is 7.19. The molecule has 5 nitrogen and oxygen atoms in total. The van der Waals surface area contributed by atoms with Crippen molar-refractivity contribution in [2.75, 3.05) is 18.7 Å². The predicted octanol–water partition coefficient (Wildman–Crippen LogP) is 0.341. The molecule has 1 aromatic heterocycles. The minimum absolute atomic E-state index is 0.295. The monoisotopic (exact) mass is 178 g/mol. The molecule has 0 saturated carbocycles. The Bertz CT molecular complexity index is 449. The van der Waals surface area contributed by atoms with E-state index in [1.165, 1.54) is 4.68 Å². The Kier molecular flexibility index (Phi) is 1.51. The molecule has 1 aromatic carbocycles. The third kappa shape index (κ3) is 1.05. The Morgan fingerprint density at radius 2 is 2.23 bits per heavy atom. The lowest BCUT2D eigenvalue weighted by atomic mass is 10.3. The largest absolute Gasteiger partial charge is 0.497 e. The minimum atomic E-state index is 0.295. The lowest BCUT2D eigenvalue weighted by Gasteiger charge is -1.99. The third-order valence-corrected chi connectivity index (χ3v) is 1.92. The fourth-order valence-corrected chi connectivity index (χ4v) is 1.22. The molecule has 0 aliphatic rings. The number of benzene rings is 1. The smallest absolute Gasteiger partial charge is 0.220 e. The molecular formula is C8H10N4O. The quantitative estimate of drug-likeness (QED) is 0.617. The van der Waals surface area contributed by atoms with Gasteiger partial charge >= 0.3 is 0 Å². The number of hydrogen-bond donors (Lipinski definition) is 2. The molecule has 0 amide bonds. The summed E-state index contributed by atoms with van der Waals surface area (Å²) in [6.45, 7) is 0. The molecule has 0 radical (unpaired) electrons. The molecule has 2 aromatic rings. The van der Waals surface area contributed by atoms with E-state index in [4.69, 9.17) is 16.3 Å². The van der Waals surface area contributed by atoms with E-state index >= 15 is 0 Å². The van der Waals surface area contributed by atoms with Crippen LogP contribution in [-0.4, -0.2) is 16.8 Å². The van der Waals surface area contributed by atoms with Gasteiger partial charge < -0.3 is 16.3 Å². The highest BCUT2D eigenvalue weighted by molar-refractivity contribution is 5.79. The third-order valence-electron chi connectivity index (χ3n) is 1.92. The molecule has 0 unspecified atom stereocenters. The van der Waals surface area contributed by atoms with Gasteiger partial charge in [0.2, 0.25) is 5.95 Å². The van der Waals surface area contributed by atoms with Gasteiger partial charge in [0.25, 0.3) is 0 Å². The molecule has 2 rings (SSSR count). The fourth-order valence-electron chi connectivity index (χ4n) is 1.22. The molecule has 0 atom stereocenters. The molecule has 0 bridgehead atoms. The van der Waals surface area contributed by atoms with E-state index in [1.54, 1.807) is 13.2 Å². The number of fused-ring (bicyclic) bond motifs is 1. The summed E-state index contributed by atoms with van der Waals surface area (Å²) in [5, 5.41) is 0. The van der Waals surface area contributed by atoms with Gasteiger partial charge in [-0.2, -0.15) is 0 Å². The molecule has 13 heavy (non-hydrogen) atoms. The SMILES string of the molecule is COc1ccc2nc(N)n(N)c2c1. The number of aromatic nitrogens is 2. The van der Waals surface area contributed by atoms with Crippen molar-refractivity contribution < 1.29 is 4.74 Å². The summed E-state index contributed by atoms with van der Waals surface area (Å²) in [5.74, 6) is 6.67. The summed E-state index contributed by atoms with van der Waals surface area (Å²) in [6, 6.07) is 5.42. The van der Waals surface area contributed by atoms with Gasteiger partial charge in [0.15, 0.2) is 0 Å². The van der Waals surface area contributed by atoms with Gasteiger partial charge in [0, 0.05) is 6.07 Å². The average molecular weight is 178 g/mol. The van der Waals surface area contributed by atoms with Crippen LogP contribution in [0.25, 0.3) is 11.0 Å². The fraction of sp³-hybridized carbons (Fsp3) is 0.125. The molecule has 0 fully saturated rings. The first kappa shape index (κ1) is 7.72. The van der Waals surface area contributed by atoms with E-state index in [2.05, 4.69) is 4.98 Å². The molecule has 5 heteroatoms. The highest BCUT2D eigenvalue weighted by atomic mass is 16.5. The van der Waals surface area contributed by atoms with E-state index in [9.17, 15) is 0 Å². The van der Waals surface area contributed by atoms with Crippen molar-refractivity contribution in [2.24, 2.45) is 0 Å². The highest BCUT2D eigenvalue weighted by Gasteiger charge is 2.05. The first-order valence-corrected chi connectivity index (χ1v) is 3.79. The van der Waals surface area contributed by atoms with Gasteiger partial charge in [-0.15, -0.1) is 0 Å². The van der Waals surface area contributed by atoms with Gasteiger partial charge in [-0.25, -0.2) is 9.66 Å². The standard InChI is InChI=1S/C8H10N4O/c1-13-5-2-3-6-7(4-5)12(10)8(9)11-6/h2-4H,10H2,1H3,(H2,9,11). The molecule has 1 heterocycles. The highest BCUT2D eigenvalue weighted by Crippen LogP contribution is 2.20. The van der Waals surface area contributed by atoms with Crippen molar-refractivity contribution in [3.63, 3.8) is 0 Å². The summed E-state index contributed by atoms with van der Waals surface area (Å²) in [4.78, 5) is 4.05. The zero-order valence-electron chi connectivity index (χ0n) is 7.19. The van der Waals surface area contributed by atoms with Crippen LogP contribution in [-0.2, 0) is 0 Å². The van der Waals surface area contributed by atoms with Gasteiger partial charge in [-0.1, -0.05) is 0 Å². The van der Waals surface area contributed by atoms with Crippen molar-refractivity contribution in [3.8, 4) is 5.75 Å². The summed E-state index contributed by atoms with van der Waals surface area (Å²) < 4.78 is 6.38. The minimum Gasteiger partial charge on any atom is -0.497 e. The molecule has 0 spiro atoms. The Balaban J connectivity index is 2.75. The molecule has 68 valence electrons. The summed E-state index contributed by atoms with van der Waals surface area (Å²) in [6.07, 6.45) is 0. The van der Waals surface area contributed by atoms with Crippen LogP contribution in [0.5, 0.6) is 5.75 Å². The Labute approximate surface area is 74.9 Å². The van der Waals surface area contributed by atoms with Crippen molar-refractivity contribution in [1.82, 2.24) is 9.66 Å². The second kappa shape index (κ2) is 2.55. The lowest BCUT2D eigenvalue weighted by Crippen LogP contribution is -2.11. The first-order valence-electron chi connectivity index (χ1n) is 3.79. The number of ether oxygens (including phenoxy) is 1. The van der Waals surface area contributed by atoms with E-state index < -0.39 is 0 Å². The van der Waals surface area contributed by atoms with Crippen LogP contribution in [0, 0.1) is 0 Å². The average Bonchev–Trinajstić information content (AvgIpc) is 2.43. The Hall–Kier alpha value is -1.91. The van der Waals surface area contributed by atoms with Gasteiger partial charge in [-0.3, -0.25) is 0 Å². The van der Waals surface area contributed by atoms with Crippen molar-refractivity contribution in [1.29, 1.82) is 0 Å². The van der Waals surface area contributed by atoms with Crippen LogP contribution in [0.15, 0.2) is 18.2 Å². The molecule has 0 aliphatic heterocycles. The maximum Gasteiger partial charge on any atom is 0.220 e. The van der Waals surface area contributed by atoms with Crippen molar-refractivity contribution in [2.45, 2.75) is 0 Å². The number of nitrogens with zero attached hydrogens (tertiary/aromatic N) is 2. The molecule has 0 saturated heterocycles. The van der Waals surface area contributed by atoms with Crippen LogP contribution < -0.4 is 16.3 Å². The number of methoxy groups -OCH3 is 1. The van der Waals surface area contributed by atoms with Crippen molar-refractivity contribution in [3.05, 3.63) is 18.2 Å². The molecule has 0 aliphatic carbocycles. The van der Waals surface area contributed by atoms with Gasteiger partial charge in [0.1, 0.15) is 5.75 Å². The molecule has 4 N–H and O–H groups in total. The van der Waals surface area contributed by atoms with Crippen LogP contribution >= 0.6 is 0 Å². The zero-order chi connectivity index (χ0) is 9.42. The normalized spacial score (nSPS) is 10.5. The number of hydrogen-bond acceptors (Lipinski definition) is 4. The van der Waals surface area contributed by atoms with E-state index in [1.807, 2.05) is 12.1 Å². The second-order valence-corrected chi connectivity index (χ2v) is 2.69. The first-order chi connectivity index (χ1) is 6.22. The van der Waals surface area contributed by atoms with Gasteiger partial charge in [-0.05, 0) is 12.1 Å². The topological polar surface area (TPSA) is 79.1 Å². The predicted molar refractivity (Wildman–Crippen MR) is 50.8 cm³/mol. The number of imidazole rings is 1. The maximum absolute atomic E-state index is 5.64. The lowest BCUT2D eigenvalue weighted by molar-refractivity contribution is 0.415. The van der Waals surface area contributed by atoms with E-state index in [0.29, 0.717) is 5.95 Å². The Morgan fingerprint density at radius 3 is 2.92 bits per heavy atom. The molecular weight excluding hydrogens is 168 g/mol. The summed E-state index contributed by atoms with van der Waals surface area (Å²) in [5.41, 5.74) is 7.06. The number of nitrogens with two attached hydrogens (primary N) is 2. The Morgan fingerprint density at radius 1 is 1.46 bits per heavy atom. The van der Waals surface area contributed by atoms with Crippen LogP contribution in [0.1, 0.15) is 0 Å². The van der Waals surface area contributed by atoms with Crippen LogP contribution in [0.2, 0.25) is 0 Å². The number of nitrogen functional groups attached to an aromatic ring is 2.